The fraction of sp³-hybridized carbons (Fsp3) is 0.500. The maximum absolute atomic E-state index is 5.64. The van der Waals surface area contributed by atoms with Gasteiger partial charge in [0.05, 0.1) is 20.3 Å². The zero-order valence-electron chi connectivity index (χ0n) is 8.10. The van der Waals surface area contributed by atoms with Gasteiger partial charge in [-0.05, 0) is 12.1 Å². The Balaban J connectivity index is 2.07. The molecule has 0 bridgehead atoms. The van der Waals surface area contributed by atoms with Crippen molar-refractivity contribution in [2.75, 3.05) is 20.3 Å². The lowest BCUT2D eigenvalue weighted by atomic mass is 10.3. The second kappa shape index (κ2) is 4.28. The zero-order valence-corrected chi connectivity index (χ0v) is 8.10. The molecular formula is C10H13NO3. The Labute approximate surface area is 82.8 Å². The smallest absolute Gasteiger partial charge is 0.257 e. The van der Waals surface area contributed by atoms with Crippen LogP contribution in [0.2, 0.25) is 0 Å². The fourth-order valence-corrected chi connectivity index (χ4v) is 1.38. The Hall–Kier alpha value is -1.29. The number of hydrogen-bond donors (Lipinski definition) is 0. The van der Waals surface area contributed by atoms with Crippen LogP contribution in [0.1, 0.15) is 6.42 Å². The van der Waals surface area contributed by atoms with Crippen LogP contribution in [-0.4, -0.2) is 31.4 Å². The van der Waals surface area contributed by atoms with Crippen molar-refractivity contribution in [1.29, 1.82) is 0 Å². The highest BCUT2D eigenvalue weighted by molar-refractivity contribution is 5.32. The highest BCUT2D eigenvalue weighted by atomic mass is 16.6. The molecule has 1 aliphatic rings. The maximum Gasteiger partial charge on any atom is 0.257 e. The average Bonchev–Trinajstić information content (AvgIpc) is 2.71. The van der Waals surface area contributed by atoms with E-state index < -0.39 is 0 Å². The van der Waals surface area contributed by atoms with Gasteiger partial charge >= 0.3 is 0 Å². The molecule has 1 aliphatic heterocycles. The highest BCUT2D eigenvalue weighted by Gasteiger charge is 2.19. The number of ether oxygens (including phenoxy) is 3. The number of hydrogen-bond acceptors (Lipinski definition) is 4. The summed E-state index contributed by atoms with van der Waals surface area (Å²) < 4.78 is 16.0. The van der Waals surface area contributed by atoms with E-state index in [0.717, 1.165) is 13.0 Å². The average molecular weight is 195 g/mol. The molecule has 4 nitrogen and oxygen atoms in total. The van der Waals surface area contributed by atoms with Crippen LogP contribution in [0.3, 0.4) is 0 Å². The molecule has 2 heterocycles. The maximum atomic E-state index is 5.64. The van der Waals surface area contributed by atoms with Crippen LogP contribution in [0.15, 0.2) is 18.3 Å². The summed E-state index contributed by atoms with van der Waals surface area (Å²) in [6, 6.07) is 3.65. The molecule has 0 N–H and O–H groups in total. The van der Waals surface area contributed by atoms with Gasteiger partial charge < -0.3 is 14.2 Å². The minimum absolute atomic E-state index is 0.110. The lowest BCUT2D eigenvalue weighted by molar-refractivity contribution is 0.135. The van der Waals surface area contributed by atoms with Gasteiger partial charge in [0.25, 0.3) is 5.88 Å². The van der Waals surface area contributed by atoms with E-state index in [9.17, 15) is 0 Å². The molecule has 0 radical (unpaired) electrons. The summed E-state index contributed by atoms with van der Waals surface area (Å²) >= 11 is 0. The van der Waals surface area contributed by atoms with Crippen LogP contribution in [0.25, 0.3) is 0 Å². The first-order chi connectivity index (χ1) is 6.90. The summed E-state index contributed by atoms with van der Waals surface area (Å²) in [4.78, 5) is 4.11. The van der Waals surface area contributed by atoms with Gasteiger partial charge in [0.1, 0.15) is 6.10 Å². The number of aromatic nitrogens is 1. The predicted molar refractivity (Wildman–Crippen MR) is 50.6 cm³/mol. The van der Waals surface area contributed by atoms with E-state index in [-0.39, 0.29) is 6.10 Å². The molecule has 0 unspecified atom stereocenters. The van der Waals surface area contributed by atoms with Crippen LogP contribution in [-0.2, 0) is 4.74 Å². The van der Waals surface area contributed by atoms with E-state index in [1.807, 2.05) is 12.1 Å². The van der Waals surface area contributed by atoms with Gasteiger partial charge in [-0.15, -0.1) is 0 Å². The van der Waals surface area contributed by atoms with Gasteiger partial charge in [0, 0.05) is 12.6 Å². The third-order valence-corrected chi connectivity index (χ3v) is 2.12. The van der Waals surface area contributed by atoms with Crippen LogP contribution >= 0.6 is 0 Å². The molecule has 1 saturated heterocycles. The van der Waals surface area contributed by atoms with Gasteiger partial charge in [-0.25, -0.2) is 4.98 Å². The molecule has 0 spiro atoms. The molecular weight excluding hydrogens is 182 g/mol. The first kappa shape index (κ1) is 9.27. The van der Waals surface area contributed by atoms with E-state index in [1.54, 1.807) is 13.3 Å². The molecule has 2 rings (SSSR count). The largest absolute Gasteiger partial charge is 0.491 e. The minimum atomic E-state index is 0.110. The Bertz CT molecular complexity index is 297. The second-order valence-electron chi connectivity index (χ2n) is 3.11. The Morgan fingerprint density at radius 1 is 1.57 bits per heavy atom. The van der Waals surface area contributed by atoms with Crippen molar-refractivity contribution in [2.45, 2.75) is 12.5 Å². The molecule has 1 aromatic heterocycles. The van der Waals surface area contributed by atoms with E-state index >= 15 is 0 Å². The van der Waals surface area contributed by atoms with Crippen molar-refractivity contribution >= 4 is 0 Å². The Morgan fingerprint density at radius 2 is 2.50 bits per heavy atom. The summed E-state index contributed by atoms with van der Waals surface area (Å²) in [6.45, 7) is 1.40. The molecule has 0 amide bonds. The van der Waals surface area contributed by atoms with Crippen LogP contribution in [0.5, 0.6) is 11.6 Å². The Kier molecular flexibility index (Phi) is 2.84. The van der Waals surface area contributed by atoms with Crippen molar-refractivity contribution < 1.29 is 14.2 Å². The molecule has 76 valence electrons. The van der Waals surface area contributed by atoms with E-state index in [1.165, 1.54) is 0 Å². The standard InChI is InChI=1S/C10H13NO3/c1-12-9-3-2-5-11-10(9)14-8-4-6-13-7-8/h2-3,5,8H,4,6-7H2,1H3/t8-/m1/s1. The first-order valence-corrected chi connectivity index (χ1v) is 4.63. The molecule has 0 saturated carbocycles. The molecule has 0 aromatic carbocycles. The topological polar surface area (TPSA) is 40.6 Å². The van der Waals surface area contributed by atoms with Crippen molar-refractivity contribution in [3.8, 4) is 11.6 Å². The fourth-order valence-electron chi connectivity index (χ4n) is 1.38. The van der Waals surface area contributed by atoms with Gasteiger partial charge in [-0.3, -0.25) is 0 Å². The van der Waals surface area contributed by atoms with Gasteiger partial charge in [-0.1, -0.05) is 0 Å². The molecule has 1 fully saturated rings. The highest BCUT2D eigenvalue weighted by Crippen LogP contribution is 2.25. The summed E-state index contributed by atoms with van der Waals surface area (Å²) in [7, 11) is 1.61. The number of pyridine rings is 1. The summed E-state index contributed by atoms with van der Waals surface area (Å²) in [5.74, 6) is 1.21. The molecule has 4 heteroatoms. The van der Waals surface area contributed by atoms with E-state index in [4.69, 9.17) is 14.2 Å². The predicted octanol–water partition coefficient (Wildman–Crippen LogP) is 1.26. The minimum Gasteiger partial charge on any atom is -0.491 e. The number of rotatable bonds is 3. The summed E-state index contributed by atoms with van der Waals surface area (Å²) in [5, 5.41) is 0. The molecule has 1 aromatic rings. The number of methoxy groups -OCH3 is 1. The third kappa shape index (κ3) is 1.96. The van der Waals surface area contributed by atoms with Gasteiger partial charge in [0.15, 0.2) is 5.75 Å². The third-order valence-electron chi connectivity index (χ3n) is 2.12. The molecule has 14 heavy (non-hydrogen) atoms. The van der Waals surface area contributed by atoms with Crippen molar-refractivity contribution in [2.24, 2.45) is 0 Å². The summed E-state index contributed by atoms with van der Waals surface area (Å²) in [5.41, 5.74) is 0. The molecule has 0 aliphatic carbocycles. The van der Waals surface area contributed by atoms with Crippen LogP contribution in [0.4, 0.5) is 0 Å². The number of nitrogens with zero attached hydrogens (tertiary/aromatic N) is 1. The van der Waals surface area contributed by atoms with Crippen molar-refractivity contribution in [1.82, 2.24) is 4.98 Å². The first-order valence-electron chi connectivity index (χ1n) is 4.63. The second-order valence-corrected chi connectivity index (χ2v) is 3.11. The lowest BCUT2D eigenvalue weighted by Gasteiger charge is -2.12. The lowest BCUT2D eigenvalue weighted by Crippen LogP contribution is -2.16. The summed E-state index contributed by atoms with van der Waals surface area (Å²) in [6.07, 6.45) is 2.71. The van der Waals surface area contributed by atoms with Gasteiger partial charge in [0.2, 0.25) is 0 Å². The van der Waals surface area contributed by atoms with Crippen LogP contribution in [0, 0.1) is 0 Å². The zero-order chi connectivity index (χ0) is 9.80. The molecule has 1 atom stereocenters. The quantitative estimate of drug-likeness (QED) is 0.728. The SMILES string of the molecule is COc1cccnc1O[C@@H]1CCOC1. The van der Waals surface area contributed by atoms with Crippen molar-refractivity contribution in [3.05, 3.63) is 18.3 Å². The van der Waals surface area contributed by atoms with E-state index in [0.29, 0.717) is 18.2 Å². The monoisotopic (exact) mass is 195 g/mol. The van der Waals surface area contributed by atoms with Crippen LogP contribution < -0.4 is 9.47 Å². The van der Waals surface area contributed by atoms with Crippen molar-refractivity contribution in [3.63, 3.8) is 0 Å². The Morgan fingerprint density at radius 3 is 3.21 bits per heavy atom. The normalized spacial score (nSPS) is 20.8. The van der Waals surface area contributed by atoms with E-state index in [2.05, 4.69) is 4.98 Å². The van der Waals surface area contributed by atoms with Gasteiger partial charge in [-0.2, -0.15) is 0 Å².